The number of nitrogens with zero attached hydrogens (tertiary/aromatic N) is 1. The van der Waals surface area contributed by atoms with Crippen molar-refractivity contribution in [1.82, 2.24) is 4.90 Å². The predicted octanol–water partition coefficient (Wildman–Crippen LogP) is 1.79. The van der Waals surface area contributed by atoms with Crippen molar-refractivity contribution in [2.24, 2.45) is 11.7 Å². The summed E-state index contributed by atoms with van der Waals surface area (Å²) in [4.78, 5) is 13.8. The van der Waals surface area contributed by atoms with Crippen molar-refractivity contribution in [2.75, 3.05) is 19.7 Å². The summed E-state index contributed by atoms with van der Waals surface area (Å²) in [7, 11) is 0. The Kier molecular flexibility index (Phi) is 4.95. The van der Waals surface area contributed by atoms with Gasteiger partial charge in [0.05, 0.1) is 0 Å². The number of halogens is 1. The molecule has 0 spiro atoms. The Labute approximate surface area is 118 Å². The van der Waals surface area contributed by atoms with Crippen molar-refractivity contribution < 1.29 is 13.9 Å². The van der Waals surface area contributed by atoms with Crippen LogP contribution in [0.25, 0.3) is 0 Å². The third-order valence-electron chi connectivity index (χ3n) is 3.81. The van der Waals surface area contributed by atoms with E-state index in [-0.39, 0.29) is 24.4 Å². The number of likely N-dealkylation sites (tertiary alicyclic amines) is 1. The number of hydrogen-bond donors (Lipinski definition) is 1. The molecule has 5 heteroatoms. The summed E-state index contributed by atoms with van der Waals surface area (Å²) in [6, 6.07) is 5.85. The summed E-state index contributed by atoms with van der Waals surface area (Å²) < 4.78 is 18.1. The zero-order valence-corrected chi connectivity index (χ0v) is 11.7. The SMILES string of the molecule is CC(N)C1CCN(C(=O)COc2ccc(F)cc2)CC1. The molecule has 0 radical (unpaired) electrons. The van der Waals surface area contributed by atoms with Gasteiger partial charge < -0.3 is 15.4 Å². The second-order valence-corrected chi connectivity index (χ2v) is 5.32. The van der Waals surface area contributed by atoms with E-state index in [1.54, 1.807) is 0 Å². The van der Waals surface area contributed by atoms with Gasteiger partial charge in [-0.2, -0.15) is 0 Å². The van der Waals surface area contributed by atoms with Gasteiger partial charge in [0.2, 0.25) is 0 Å². The van der Waals surface area contributed by atoms with Gasteiger partial charge in [0.25, 0.3) is 5.91 Å². The van der Waals surface area contributed by atoms with Gasteiger partial charge in [0, 0.05) is 19.1 Å². The highest BCUT2D eigenvalue weighted by Gasteiger charge is 2.24. The fourth-order valence-electron chi connectivity index (χ4n) is 2.44. The molecule has 0 bridgehead atoms. The molecule has 1 aliphatic rings. The zero-order valence-electron chi connectivity index (χ0n) is 11.7. The first-order valence-corrected chi connectivity index (χ1v) is 6.98. The van der Waals surface area contributed by atoms with Crippen molar-refractivity contribution >= 4 is 5.91 Å². The normalized spacial score (nSPS) is 17.9. The van der Waals surface area contributed by atoms with Crippen LogP contribution in [-0.4, -0.2) is 36.5 Å². The quantitative estimate of drug-likeness (QED) is 0.915. The van der Waals surface area contributed by atoms with E-state index in [1.807, 2.05) is 11.8 Å². The van der Waals surface area contributed by atoms with Gasteiger partial charge in [-0.3, -0.25) is 4.79 Å². The molecular formula is C15H21FN2O2. The Morgan fingerprint density at radius 3 is 2.55 bits per heavy atom. The van der Waals surface area contributed by atoms with Crippen LogP contribution in [0.1, 0.15) is 19.8 Å². The minimum absolute atomic E-state index is 0.00548. The molecule has 4 nitrogen and oxygen atoms in total. The van der Waals surface area contributed by atoms with Crippen LogP contribution in [0.5, 0.6) is 5.75 Å². The molecule has 20 heavy (non-hydrogen) atoms. The van der Waals surface area contributed by atoms with Gasteiger partial charge >= 0.3 is 0 Å². The molecule has 1 heterocycles. The lowest BCUT2D eigenvalue weighted by Crippen LogP contribution is -2.44. The Balaban J connectivity index is 1.77. The van der Waals surface area contributed by atoms with Crippen molar-refractivity contribution in [3.05, 3.63) is 30.1 Å². The number of rotatable bonds is 4. The summed E-state index contributed by atoms with van der Waals surface area (Å²) in [6.45, 7) is 3.48. The molecule has 1 aliphatic heterocycles. The molecule has 1 saturated heterocycles. The van der Waals surface area contributed by atoms with Crippen LogP contribution in [0.2, 0.25) is 0 Å². The number of carbonyl (C=O) groups excluding carboxylic acids is 1. The minimum Gasteiger partial charge on any atom is -0.484 e. The zero-order chi connectivity index (χ0) is 14.5. The van der Waals surface area contributed by atoms with E-state index in [4.69, 9.17) is 10.5 Å². The molecule has 2 N–H and O–H groups in total. The smallest absolute Gasteiger partial charge is 0.260 e. The van der Waals surface area contributed by atoms with E-state index >= 15 is 0 Å². The first-order valence-electron chi connectivity index (χ1n) is 6.98. The number of nitrogens with two attached hydrogens (primary N) is 1. The van der Waals surface area contributed by atoms with Gasteiger partial charge in [-0.25, -0.2) is 4.39 Å². The number of piperidine rings is 1. The van der Waals surface area contributed by atoms with Gasteiger partial charge in [-0.1, -0.05) is 0 Å². The van der Waals surface area contributed by atoms with Crippen molar-refractivity contribution in [2.45, 2.75) is 25.8 Å². The highest BCUT2D eigenvalue weighted by molar-refractivity contribution is 5.77. The molecule has 1 unspecified atom stereocenters. The first-order chi connectivity index (χ1) is 9.56. The Bertz CT molecular complexity index is 440. The van der Waals surface area contributed by atoms with Crippen LogP contribution in [0.15, 0.2) is 24.3 Å². The van der Waals surface area contributed by atoms with Crippen LogP contribution in [-0.2, 0) is 4.79 Å². The molecule has 110 valence electrons. The third-order valence-corrected chi connectivity index (χ3v) is 3.81. The molecule has 2 rings (SSSR count). The number of hydrogen-bond acceptors (Lipinski definition) is 3. The molecule has 0 aliphatic carbocycles. The molecule has 0 saturated carbocycles. The van der Waals surface area contributed by atoms with E-state index in [0.717, 1.165) is 25.9 Å². The fourth-order valence-corrected chi connectivity index (χ4v) is 2.44. The standard InChI is InChI=1S/C15H21FN2O2/c1-11(17)12-6-8-18(9-7-12)15(19)10-20-14-4-2-13(16)3-5-14/h2-5,11-12H,6-10,17H2,1H3. The number of benzene rings is 1. The molecule has 0 aromatic heterocycles. The summed E-state index contributed by atoms with van der Waals surface area (Å²) in [6.07, 6.45) is 1.89. The second kappa shape index (κ2) is 6.70. The van der Waals surface area contributed by atoms with Crippen LogP contribution < -0.4 is 10.5 Å². The van der Waals surface area contributed by atoms with Crippen LogP contribution in [0.4, 0.5) is 4.39 Å². The van der Waals surface area contributed by atoms with E-state index in [9.17, 15) is 9.18 Å². The highest BCUT2D eigenvalue weighted by Crippen LogP contribution is 2.19. The lowest BCUT2D eigenvalue weighted by molar-refractivity contribution is -0.134. The summed E-state index contributed by atoms with van der Waals surface area (Å²) >= 11 is 0. The van der Waals surface area contributed by atoms with Gasteiger partial charge in [0.1, 0.15) is 11.6 Å². The first kappa shape index (κ1) is 14.8. The number of carbonyl (C=O) groups is 1. The summed E-state index contributed by atoms with van der Waals surface area (Å²) in [5.41, 5.74) is 5.88. The number of ether oxygens (including phenoxy) is 1. The van der Waals surface area contributed by atoms with Crippen LogP contribution in [0, 0.1) is 11.7 Å². The van der Waals surface area contributed by atoms with E-state index < -0.39 is 0 Å². The second-order valence-electron chi connectivity index (χ2n) is 5.32. The Morgan fingerprint density at radius 1 is 1.40 bits per heavy atom. The lowest BCUT2D eigenvalue weighted by Gasteiger charge is -2.33. The molecule has 1 aromatic carbocycles. The Hall–Kier alpha value is -1.62. The van der Waals surface area contributed by atoms with E-state index in [0.29, 0.717) is 11.7 Å². The maximum absolute atomic E-state index is 12.7. The maximum atomic E-state index is 12.7. The average Bonchev–Trinajstić information content (AvgIpc) is 2.46. The molecule has 1 atom stereocenters. The summed E-state index contributed by atoms with van der Waals surface area (Å²) in [5, 5.41) is 0. The Morgan fingerprint density at radius 2 is 2.00 bits per heavy atom. The average molecular weight is 280 g/mol. The van der Waals surface area contributed by atoms with Crippen LogP contribution >= 0.6 is 0 Å². The summed E-state index contributed by atoms with van der Waals surface area (Å²) in [5.74, 6) is 0.654. The van der Waals surface area contributed by atoms with E-state index in [2.05, 4.69) is 0 Å². The fraction of sp³-hybridized carbons (Fsp3) is 0.533. The monoisotopic (exact) mass is 280 g/mol. The molecule has 1 aromatic rings. The maximum Gasteiger partial charge on any atom is 0.260 e. The van der Waals surface area contributed by atoms with Gasteiger partial charge in [-0.05, 0) is 49.9 Å². The predicted molar refractivity (Wildman–Crippen MR) is 74.8 cm³/mol. The van der Waals surface area contributed by atoms with Crippen LogP contribution in [0.3, 0.4) is 0 Å². The molecule has 1 amide bonds. The third kappa shape index (κ3) is 3.93. The van der Waals surface area contributed by atoms with Gasteiger partial charge in [-0.15, -0.1) is 0 Å². The minimum atomic E-state index is -0.318. The van der Waals surface area contributed by atoms with Gasteiger partial charge in [0.15, 0.2) is 6.61 Å². The molecule has 1 fully saturated rings. The lowest BCUT2D eigenvalue weighted by atomic mass is 9.91. The topological polar surface area (TPSA) is 55.6 Å². The van der Waals surface area contributed by atoms with Crippen molar-refractivity contribution in [3.8, 4) is 5.75 Å². The molecular weight excluding hydrogens is 259 g/mol. The van der Waals surface area contributed by atoms with Crippen molar-refractivity contribution in [1.29, 1.82) is 0 Å². The van der Waals surface area contributed by atoms with Crippen molar-refractivity contribution in [3.63, 3.8) is 0 Å². The number of amides is 1. The highest BCUT2D eigenvalue weighted by atomic mass is 19.1. The largest absolute Gasteiger partial charge is 0.484 e. The van der Waals surface area contributed by atoms with E-state index in [1.165, 1.54) is 24.3 Å².